The first-order valence-corrected chi connectivity index (χ1v) is 8.63. The van der Waals surface area contributed by atoms with Crippen molar-refractivity contribution in [2.75, 3.05) is 39.9 Å². The van der Waals surface area contributed by atoms with Crippen LogP contribution in [-0.2, 0) is 4.74 Å². The van der Waals surface area contributed by atoms with Crippen LogP contribution in [0.1, 0.15) is 52.4 Å². The Hall–Kier alpha value is -0.120. The molecule has 2 rings (SSSR count). The van der Waals surface area contributed by atoms with Gasteiger partial charge in [-0.1, -0.05) is 26.7 Å². The van der Waals surface area contributed by atoms with Gasteiger partial charge in [-0.2, -0.15) is 0 Å². The summed E-state index contributed by atoms with van der Waals surface area (Å²) in [7, 11) is 1.78. The highest BCUT2D eigenvalue weighted by molar-refractivity contribution is 4.93. The fourth-order valence-corrected chi connectivity index (χ4v) is 4.03. The summed E-state index contributed by atoms with van der Waals surface area (Å²) in [5, 5.41) is 3.65. The van der Waals surface area contributed by atoms with Crippen LogP contribution in [0.2, 0.25) is 0 Å². The Balaban J connectivity index is 1.91. The van der Waals surface area contributed by atoms with E-state index >= 15 is 0 Å². The lowest BCUT2D eigenvalue weighted by Crippen LogP contribution is -2.47. The first-order chi connectivity index (χ1) is 9.69. The number of nitrogens with zero attached hydrogens (tertiary/aromatic N) is 1. The molecule has 2 saturated carbocycles. The fourth-order valence-electron chi connectivity index (χ4n) is 4.03. The molecule has 2 atom stereocenters. The predicted molar refractivity (Wildman–Crippen MR) is 85.1 cm³/mol. The number of hydrogen-bond acceptors (Lipinski definition) is 3. The van der Waals surface area contributed by atoms with Crippen molar-refractivity contribution < 1.29 is 4.74 Å². The van der Waals surface area contributed by atoms with Crippen LogP contribution in [0.3, 0.4) is 0 Å². The van der Waals surface area contributed by atoms with E-state index in [2.05, 4.69) is 24.1 Å². The van der Waals surface area contributed by atoms with Gasteiger partial charge in [-0.25, -0.2) is 0 Å². The maximum absolute atomic E-state index is 5.16. The lowest BCUT2D eigenvalue weighted by atomic mass is 9.69. The zero-order chi connectivity index (χ0) is 14.4. The highest BCUT2D eigenvalue weighted by atomic mass is 16.5. The van der Waals surface area contributed by atoms with Crippen molar-refractivity contribution in [3.05, 3.63) is 0 Å². The molecule has 2 aliphatic carbocycles. The van der Waals surface area contributed by atoms with Crippen molar-refractivity contribution in [2.45, 2.75) is 58.4 Å². The molecule has 3 heteroatoms. The molecule has 0 aromatic rings. The molecule has 0 amide bonds. The van der Waals surface area contributed by atoms with E-state index in [0.29, 0.717) is 5.41 Å². The quantitative estimate of drug-likeness (QED) is 0.658. The first kappa shape index (κ1) is 16.3. The monoisotopic (exact) mass is 282 g/mol. The van der Waals surface area contributed by atoms with E-state index in [1.807, 2.05) is 0 Å². The van der Waals surface area contributed by atoms with Crippen LogP contribution in [0, 0.1) is 11.3 Å². The van der Waals surface area contributed by atoms with Gasteiger partial charge in [-0.05, 0) is 43.6 Å². The third-order valence-electron chi connectivity index (χ3n) is 5.18. The number of nitrogens with one attached hydrogen (secondary N) is 1. The van der Waals surface area contributed by atoms with Crippen LogP contribution in [-0.4, -0.2) is 50.8 Å². The fraction of sp³-hybridized carbons (Fsp3) is 1.00. The molecule has 0 radical (unpaired) electrons. The smallest absolute Gasteiger partial charge is 0.0587 e. The van der Waals surface area contributed by atoms with Crippen LogP contribution in [0.4, 0.5) is 0 Å². The Bertz CT molecular complexity index is 280. The van der Waals surface area contributed by atoms with Crippen molar-refractivity contribution in [1.29, 1.82) is 0 Å². The topological polar surface area (TPSA) is 24.5 Å². The number of rotatable bonds is 9. The standard InChI is InChI=1S/C17H34N2O/c1-4-19(16-7-8-16)14-17(13-18-10-11-20-3)9-5-6-15(2)12-17/h15-16,18H,4-14H2,1-3H3. The summed E-state index contributed by atoms with van der Waals surface area (Å²) >= 11 is 0. The second kappa shape index (κ2) is 7.77. The van der Waals surface area contributed by atoms with Gasteiger partial charge >= 0.3 is 0 Å². The van der Waals surface area contributed by atoms with Crippen molar-refractivity contribution in [3.63, 3.8) is 0 Å². The highest BCUT2D eigenvalue weighted by Crippen LogP contribution is 2.41. The maximum atomic E-state index is 5.16. The lowest BCUT2D eigenvalue weighted by molar-refractivity contribution is 0.0762. The summed E-state index contributed by atoms with van der Waals surface area (Å²) in [5.41, 5.74) is 0.504. The van der Waals surface area contributed by atoms with Crippen molar-refractivity contribution >= 4 is 0 Å². The van der Waals surface area contributed by atoms with E-state index in [4.69, 9.17) is 4.74 Å². The minimum absolute atomic E-state index is 0.504. The number of methoxy groups -OCH3 is 1. The molecule has 2 fully saturated rings. The Labute approximate surface area is 125 Å². The van der Waals surface area contributed by atoms with Gasteiger partial charge in [0.2, 0.25) is 0 Å². The van der Waals surface area contributed by atoms with Gasteiger partial charge in [-0.3, -0.25) is 0 Å². The van der Waals surface area contributed by atoms with Crippen molar-refractivity contribution in [2.24, 2.45) is 11.3 Å². The zero-order valence-corrected chi connectivity index (χ0v) is 13.8. The molecule has 20 heavy (non-hydrogen) atoms. The molecule has 1 N–H and O–H groups in total. The molecular weight excluding hydrogens is 248 g/mol. The van der Waals surface area contributed by atoms with E-state index in [-0.39, 0.29) is 0 Å². The molecule has 0 aliphatic heterocycles. The Morgan fingerprint density at radius 2 is 2.10 bits per heavy atom. The van der Waals surface area contributed by atoms with Gasteiger partial charge in [0.25, 0.3) is 0 Å². The van der Waals surface area contributed by atoms with Gasteiger partial charge < -0.3 is 15.0 Å². The van der Waals surface area contributed by atoms with E-state index in [0.717, 1.165) is 25.1 Å². The Kier molecular flexibility index (Phi) is 6.31. The van der Waals surface area contributed by atoms with Crippen LogP contribution in [0.5, 0.6) is 0 Å². The maximum Gasteiger partial charge on any atom is 0.0587 e. The predicted octanol–water partition coefficient (Wildman–Crippen LogP) is 2.90. The van der Waals surface area contributed by atoms with Crippen LogP contribution < -0.4 is 5.32 Å². The summed E-state index contributed by atoms with van der Waals surface area (Å²) < 4.78 is 5.16. The van der Waals surface area contributed by atoms with E-state index in [1.54, 1.807) is 7.11 Å². The molecule has 0 heterocycles. The number of ether oxygens (including phenoxy) is 1. The van der Waals surface area contributed by atoms with Crippen molar-refractivity contribution in [3.8, 4) is 0 Å². The molecule has 118 valence electrons. The van der Waals surface area contributed by atoms with Gasteiger partial charge in [0.1, 0.15) is 0 Å². The van der Waals surface area contributed by atoms with Crippen LogP contribution in [0.25, 0.3) is 0 Å². The third kappa shape index (κ3) is 4.71. The summed E-state index contributed by atoms with van der Waals surface area (Å²) in [6, 6.07) is 0.896. The minimum Gasteiger partial charge on any atom is -0.383 e. The molecular formula is C17H34N2O. The van der Waals surface area contributed by atoms with Crippen LogP contribution >= 0.6 is 0 Å². The summed E-state index contributed by atoms with van der Waals surface area (Å²) in [5.74, 6) is 0.894. The molecule has 3 nitrogen and oxygen atoms in total. The molecule has 0 aromatic heterocycles. The normalized spacial score (nSPS) is 30.9. The van der Waals surface area contributed by atoms with Gasteiger partial charge in [-0.15, -0.1) is 0 Å². The van der Waals surface area contributed by atoms with Gasteiger partial charge in [0.05, 0.1) is 6.61 Å². The second-order valence-electron chi connectivity index (χ2n) is 7.17. The average Bonchev–Trinajstić information content (AvgIpc) is 3.26. The average molecular weight is 282 g/mol. The van der Waals surface area contributed by atoms with E-state index < -0.39 is 0 Å². The van der Waals surface area contributed by atoms with E-state index in [9.17, 15) is 0 Å². The Morgan fingerprint density at radius 1 is 1.30 bits per heavy atom. The zero-order valence-electron chi connectivity index (χ0n) is 13.8. The molecule has 0 spiro atoms. The minimum atomic E-state index is 0.504. The van der Waals surface area contributed by atoms with Gasteiger partial charge in [0, 0.05) is 32.8 Å². The molecule has 0 bridgehead atoms. The van der Waals surface area contributed by atoms with Crippen molar-refractivity contribution in [1.82, 2.24) is 10.2 Å². The SMILES string of the molecule is CCN(CC1(CNCCOC)CCCC(C)C1)C1CC1. The highest BCUT2D eigenvalue weighted by Gasteiger charge is 2.39. The summed E-state index contributed by atoms with van der Waals surface area (Å²) in [4.78, 5) is 2.75. The third-order valence-corrected chi connectivity index (χ3v) is 5.18. The van der Waals surface area contributed by atoms with Crippen LogP contribution in [0.15, 0.2) is 0 Å². The second-order valence-corrected chi connectivity index (χ2v) is 7.17. The Morgan fingerprint density at radius 3 is 2.70 bits per heavy atom. The molecule has 2 unspecified atom stereocenters. The molecule has 0 aromatic carbocycles. The molecule has 0 saturated heterocycles. The largest absolute Gasteiger partial charge is 0.383 e. The van der Waals surface area contributed by atoms with E-state index in [1.165, 1.54) is 58.2 Å². The lowest BCUT2D eigenvalue weighted by Gasteiger charge is -2.43. The summed E-state index contributed by atoms with van der Waals surface area (Å²) in [6.45, 7) is 10.3. The first-order valence-electron chi connectivity index (χ1n) is 8.63. The van der Waals surface area contributed by atoms with Gasteiger partial charge in [0.15, 0.2) is 0 Å². The number of hydrogen-bond donors (Lipinski definition) is 1. The summed E-state index contributed by atoms with van der Waals surface area (Å²) in [6.07, 6.45) is 8.49. The molecule has 2 aliphatic rings.